The van der Waals surface area contributed by atoms with Crippen LogP contribution >= 0.6 is 0 Å². The quantitative estimate of drug-likeness (QED) is 0.204. The molecule has 0 bridgehead atoms. The number of benzene rings is 1. The van der Waals surface area contributed by atoms with Gasteiger partial charge in [-0.15, -0.1) is 0 Å². The molecule has 2 heterocycles. The van der Waals surface area contributed by atoms with Crippen molar-refractivity contribution in [3.8, 4) is 0 Å². The molecule has 4 amide bonds. The second kappa shape index (κ2) is 14.7. The predicted octanol–water partition coefficient (Wildman–Crippen LogP) is 0.460. The normalized spacial score (nSPS) is 18.0. The van der Waals surface area contributed by atoms with Crippen LogP contribution in [0, 0.1) is 12.8 Å². The highest BCUT2D eigenvalue weighted by Gasteiger charge is 2.50. The summed E-state index contributed by atoms with van der Waals surface area (Å²) in [6.07, 6.45) is 0.564. The van der Waals surface area contributed by atoms with E-state index in [1.54, 1.807) is 13.8 Å². The number of Topliss-reactive ketones (excluding diaryl/α,β-unsaturated/α-hetero) is 1. The molecule has 2 aromatic rings. The first-order valence-electron chi connectivity index (χ1n) is 13.7. The predicted molar refractivity (Wildman–Crippen MR) is 150 cm³/mol. The molecule has 1 aromatic carbocycles. The Morgan fingerprint density at radius 3 is 2.26 bits per heavy atom. The number of amides is 4. The summed E-state index contributed by atoms with van der Waals surface area (Å²) in [6, 6.07) is 7.57. The largest absolute Gasteiger partial charge is 0.382 e. The SMILES string of the molecule is COC[C@H](NC(=O)c1cc(C)on1)C(=O)NCC(=O)N[C@@H](Cc1ccccc1)C(=O)N[C@@H](CC(C)C)C(=O)[C@@]1(C)CO1. The fourth-order valence-corrected chi connectivity index (χ4v) is 4.24. The molecule has 1 aromatic heterocycles. The van der Waals surface area contributed by atoms with Gasteiger partial charge in [-0.3, -0.25) is 24.0 Å². The maximum absolute atomic E-state index is 13.4. The number of aryl methyl sites for hydroxylation is 1. The number of aromatic nitrogens is 1. The zero-order valence-corrected chi connectivity index (χ0v) is 24.5. The van der Waals surface area contributed by atoms with Crippen LogP contribution in [0.15, 0.2) is 40.9 Å². The van der Waals surface area contributed by atoms with E-state index in [1.807, 2.05) is 44.2 Å². The summed E-state index contributed by atoms with van der Waals surface area (Å²) in [5, 5.41) is 14.0. The lowest BCUT2D eigenvalue weighted by Crippen LogP contribution is -2.56. The van der Waals surface area contributed by atoms with Crippen molar-refractivity contribution in [2.24, 2.45) is 5.92 Å². The molecule has 1 aliphatic heterocycles. The molecule has 0 saturated carbocycles. The van der Waals surface area contributed by atoms with Crippen LogP contribution in [0.25, 0.3) is 0 Å². The molecule has 42 heavy (non-hydrogen) atoms. The van der Waals surface area contributed by atoms with Crippen LogP contribution in [0.2, 0.25) is 0 Å². The number of ketones is 1. The number of rotatable bonds is 16. The van der Waals surface area contributed by atoms with Gasteiger partial charge in [0.15, 0.2) is 11.5 Å². The second-order valence-electron chi connectivity index (χ2n) is 10.9. The summed E-state index contributed by atoms with van der Waals surface area (Å²) in [4.78, 5) is 64.6. The Hall–Kier alpha value is -4.10. The van der Waals surface area contributed by atoms with Crippen molar-refractivity contribution in [1.29, 1.82) is 0 Å². The molecule has 3 rings (SSSR count). The summed E-state index contributed by atoms with van der Waals surface area (Å²) in [7, 11) is 1.36. The molecule has 0 spiro atoms. The van der Waals surface area contributed by atoms with Gasteiger partial charge in [-0.2, -0.15) is 0 Å². The minimum Gasteiger partial charge on any atom is -0.382 e. The van der Waals surface area contributed by atoms with Crippen LogP contribution in [-0.2, 0) is 35.1 Å². The van der Waals surface area contributed by atoms with E-state index in [-0.39, 0.29) is 30.4 Å². The maximum atomic E-state index is 13.4. The number of carbonyl (C=O) groups excluding carboxylic acids is 5. The number of epoxide rings is 1. The third-order valence-corrected chi connectivity index (χ3v) is 6.61. The number of carbonyl (C=O) groups is 5. The Labute approximate surface area is 244 Å². The zero-order chi connectivity index (χ0) is 30.9. The monoisotopic (exact) mass is 585 g/mol. The molecule has 4 atom stereocenters. The van der Waals surface area contributed by atoms with Gasteiger partial charge in [-0.1, -0.05) is 49.3 Å². The molecular weight excluding hydrogens is 546 g/mol. The fraction of sp³-hybridized carbons (Fsp3) is 0.517. The van der Waals surface area contributed by atoms with E-state index in [9.17, 15) is 24.0 Å². The first-order valence-corrected chi connectivity index (χ1v) is 13.7. The average molecular weight is 586 g/mol. The van der Waals surface area contributed by atoms with Crippen LogP contribution < -0.4 is 21.3 Å². The number of nitrogens with one attached hydrogen (secondary N) is 4. The van der Waals surface area contributed by atoms with Gasteiger partial charge in [0.05, 0.1) is 25.8 Å². The minimum absolute atomic E-state index is 0.00888. The van der Waals surface area contributed by atoms with Crippen molar-refractivity contribution in [2.45, 2.75) is 64.3 Å². The maximum Gasteiger partial charge on any atom is 0.274 e. The van der Waals surface area contributed by atoms with E-state index in [0.717, 1.165) is 5.56 Å². The Kier molecular flexibility index (Phi) is 11.3. The van der Waals surface area contributed by atoms with Crippen molar-refractivity contribution >= 4 is 29.4 Å². The Bertz CT molecular complexity index is 1260. The molecule has 1 fully saturated rings. The summed E-state index contributed by atoms with van der Waals surface area (Å²) >= 11 is 0. The van der Waals surface area contributed by atoms with Crippen molar-refractivity contribution in [3.63, 3.8) is 0 Å². The lowest BCUT2D eigenvalue weighted by atomic mass is 9.93. The highest BCUT2D eigenvalue weighted by molar-refractivity contribution is 5.99. The second-order valence-corrected chi connectivity index (χ2v) is 10.9. The fourth-order valence-electron chi connectivity index (χ4n) is 4.24. The number of nitrogens with zero attached hydrogens (tertiary/aromatic N) is 1. The molecule has 4 N–H and O–H groups in total. The first-order chi connectivity index (χ1) is 19.9. The lowest BCUT2D eigenvalue weighted by molar-refractivity contribution is -0.133. The summed E-state index contributed by atoms with van der Waals surface area (Å²) < 4.78 is 15.2. The third kappa shape index (κ3) is 9.48. The lowest BCUT2D eigenvalue weighted by Gasteiger charge is -2.25. The van der Waals surface area contributed by atoms with E-state index >= 15 is 0 Å². The highest BCUT2D eigenvalue weighted by Crippen LogP contribution is 2.29. The van der Waals surface area contributed by atoms with Crippen LogP contribution in [0.5, 0.6) is 0 Å². The van der Waals surface area contributed by atoms with Gasteiger partial charge >= 0.3 is 0 Å². The van der Waals surface area contributed by atoms with E-state index in [1.165, 1.54) is 13.2 Å². The summed E-state index contributed by atoms with van der Waals surface area (Å²) in [5.74, 6) is -2.17. The van der Waals surface area contributed by atoms with Crippen LogP contribution in [0.4, 0.5) is 0 Å². The smallest absolute Gasteiger partial charge is 0.274 e. The summed E-state index contributed by atoms with van der Waals surface area (Å²) in [5.41, 5.74) is -0.141. The van der Waals surface area contributed by atoms with E-state index in [2.05, 4.69) is 26.4 Å². The first kappa shape index (κ1) is 32.4. The molecule has 228 valence electrons. The van der Waals surface area contributed by atoms with Gasteiger partial charge in [0.2, 0.25) is 17.7 Å². The highest BCUT2D eigenvalue weighted by atomic mass is 16.6. The third-order valence-electron chi connectivity index (χ3n) is 6.61. The van der Waals surface area contributed by atoms with Crippen LogP contribution in [-0.4, -0.2) is 85.2 Å². The Morgan fingerprint density at radius 1 is 1.00 bits per heavy atom. The van der Waals surface area contributed by atoms with Crippen molar-refractivity contribution in [2.75, 3.05) is 26.9 Å². The van der Waals surface area contributed by atoms with E-state index in [0.29, 0.717) is 18.8 Å². The van der Waals surface area contributed by atoms with E-state index in [4.69, 9.17) is 14.0 Å². The standard InChI is InChI=1S/C29H39N5O8/c1-17(2)11-20(25(36)29(4)16-41-29)32-27(38)21(13-19-9-7-6-8-10-19)31-24(35)14-30-26(37)23(15-40-5)33-28(39)22-12-18(3)42-34-22/h6-10,12,17,20-21,23H,11,13-16H2,1-5H3,(H,30,37)(H,31,35)(H,32,38)(H,33,39)/t20-,21-,23-,29+/m0/s1. The summed E-state index contributed by atoms with van der Waals surface area (Å²) in [6.45, 7) is 6.85. The molecule has 1 aliphatic rings. The molecule has 0 unspecified atom stereocenters. The molecule has 0 radical (unpaired) electrons. The molecule has 13 heteroatoms. The van der Waals surface area contributed by atoms with E-state index < -0.39 is 53.9 Å². The van der Waals surface area contributed by atoms with Crippen LogP contribution in [0.1, 0.15) is 49.0 Å². The number of hydrogen-bond donors (Lipinski definition) is 4. The topological polar surface area (TPSA) is 181 Å². The van der Waals surface area contributed by atoms with Gasteiger partial charge in [0, 0.05) is 19.6 Å². The number of hydrogen-bond acceptors (Lipinski definition) is 9. The molecular formula is C29H39N5O8. The molecule has 0 aliphatic carbocycles. The number of methoxy groups -OCH3 is 1. The molecule has 13 nitrogen and oxygen atoms in total. The van der Waals surface area contributed by atoms with Gasteiger partial charge in [0.1, 0.15) is 23.4 Å². The number of ether oxygens (including phenoxy) is 2. The average Bonchev–Trinajstić information content (AvgIpc) is 3.55. The van der Waals surface area contributed by atoms with Crippen molar-refractivity contribution in [3.05, 3.63) is 53.4 Å². The Morgan fingerprint density at radius 2 is 1.69 bits per heavy atom. The van der Waals surface area contributed by atoms with Gasteiger partial charge in [0.25, 0.3) is 5.91 Å². The van der Waals surface area contributed by atoms with Gasteiger partial charge in [-0.25, -0.2) is 0 Å². The van der Waals surface area contributed by atoms with Crippen molar-refractivity contribution < 1.29 is 38.0 Å². The Balaban J connectivity index is 1.65. The van der Waals surface area contributed by atoms with Gasteiger partial charge < -0.3 is 35.3 Å². The molecule has 1 saturated heterocycles. The van der Waals surface area contributed by atoms with Gasteiger partial charge in [-0.05, 0) is 31.7 Å². The van der Waals surface area contributed by atoms with Crippen molar-refractivity contribution in [1.82, 2.24) is 26.4 Å². The minimum atomic E-state index is -1.12. The zero-order valence-electron chi connectivity index (χ0n) is 24.5. The van der Waals surface area contributed by atoms with Crippen LogP contribution in [0.3, 0.4) is 0 Å².